The number of halogens is 2. The Balaban J connectivity index is -0.000000110. The summed E-state index contributed by atoms with van der Waals surface area (Å²) in [7, 11) is 3.61. The van der Waals surface area contributed by atoms with Gasteiger partial charge >= 0.3 is 49.4 Å². The van der Waals surface area contributed by atoms with Gasteiger partial charge in [-0.3, -0.25) is 0 Å². The first-order valence-electron chi connectivity index (χ1n) is 7.66. The van der Waals surface area contributed by atoms with Crippen LogP contribution in [0.2, 0.25) is 0 Å². The van der Waals surface area contributed by atoms with Gasteiger partial charge in [0.15, 0.2) is 0 Å². The Morgan fingerprint density at radius 3 is 1.73 bits per heavy atom. The number of hydrogen-bond donors (Lipinski definition) is 0. The molecule has 0 bridgehead atoms. The predicted octanol–water partition coefficient (Wildman–Crippen LogP) is 7.68. The molecule has 0 aromatic heterocycles. The first-order valence-corrected chi connectivity index (χ1v) is 17.3. The van der Waals surface area contributed by atoms with Crippen molar-refractivity contribution >= 4 is 49.2 Å². The topological polar surface area (TPSA) is 0 Å². The minimum atomic E-state index is 0. The van der Waals surface area contributed by atoms with E-state index in [1.54, 1.807) is 0 Å². The molecule has 0 aromatic rings. The zero-order valence-corrected chi connectivity index (χ0v) is 21.4. The Hall–Kier alpha value is 2.55. The molecule has 5 heteroatoms. The van der Waals surface area contributed by atoms with Crippen LogP contribution >= 0.6 is 49.2 Å². The van der Waals surface area contributed by atoms with E-state index in [1.807, 2.05) is 0 Å². The molecule has 0 nitrogen and oxygen atoms in total. The molecule has 2 fully saturated rings. The second-order valence-corrected chi connectivity index (χ2v) is 18.2. The van der Waals surface area contributed by atoms with Crippen molar-refractivity contribution in [2.75, 3.05) is 0 Å². The second-order valence-electron chi connectivity index (χ2n) is 5.60. The summed E-state index contributed by atoms with van der Waals surface area (Å²) in [5.74, 6) is 2.09. The van der Waals surface area contributed by atoms with Crippen LogP contribution in [0.1, 0.15) is 79.1 Å². The van der Waals surface area contributed by atoms with Gasteiger partial charge in [0, 0.05) is 17.1 Å². The van der Waals surface area contributed by atoms with E-state index in [1.165, 1.54) is 57.8 Å². The van der Waals surface area contributed by atoms with Crippen LogP contribution in [-0.2, 0) is 26.5 Å². The number of rotatable bonds is 2. The van der Waals surface area contributed by atoms with Crippen LogP contribution in [0.3, 0.4) is 0 Å². The van der Waals surface area contributed by atoms with E-state index in [-0.39, 0.29) is 24.5 Å². The summed E-state index contributed by atoms with van der Waals surface area (Å²) < 4.78 is 0. The molecule has 0 saturated heterocycles. The van der Waals surface area contributed by atoms with Gasteiger partial charge in [0.25, 0.3) is 0 Å². The third-order valence-electron chi connectivity index (χ3n) is 4.02. The molecule has 3 atom stereocenters. The van der Waals surface area contributed by atoms with E-state index >= 15 is 0 Å². The van der Waals surface area contributed by atoms with Crippen LogP contribution in [0.5, 0.6) is 0 Å². The van der Waals surface area contributed by atoms with E-state index in [9.17, 15) is 0 Å². The molecule has 3 unspecified atom stereocenters. The van der Waals surface area contributed by atoms with Crippen LogP contribution in [0.15, 0.2) is 0 Å². The van der Waals surface area contributed by atoms with Crippen LogP contribution in [0.25, 0.3) is 0 Å². The Bertz CT molecular complexity index is 212. The van der Waals surface area contributed by atoms with Crippen LogP contribution in [0.4, 0.5) is 0 Å². The standard InChI is InChI=1S/C8H17P.C6H12.C2H2.CH4.Fe.2HI.V/c1-2-4-7-5-3-6-8(7)9;1-6-4-2-3-5-6;1-2;;;;;/h7-8H,2-6,9H2,1H3;6H,2-5H2,1H3;1-2H;1H4;;2*1H;/q;;;;;;;+2/p-2. The fourth-order valence-corrected chi connectivity index (χ4v) is 3.55. The van der Waals surface area contributed by atoms with Crippen molar-refractivity contribution in [1.82, 2.24) is 0 Å². The molecule has 2 saturated carbocycles. The average Bonchev–Trinajstić information content (AvgIpc) is 3.07. The van der Waals surface area contributed by atoms with Crippen LogP contribution in [-0.4, -0.2) is 5.66 Å². The quantitative estimate of drug-likeness (QED) is 0.127. The number of terminal acetylenes is 1. The van der Waals surface area contributed by atoms with Crippen molar-refractivity contribution in [3.8, 4) is 12.8 Å². The van der Waals surface area contributed by atoms with Crippen molar-refractivity contribution in [2.24, 2.45) is 11.8 Å². The van der Waals surface area contributed by atoms with E-state index < -0.39 is 0 Å². The van der Waals surface area contributed by atoms with E-state index in [0.29, 0.717) is 9.47 Å². The van der Waals surface area contributed by atoms with Gasteiger partial charge in [-0.15, -0.1) is 22.1 Å². The molecule has 2 aliphatic rings. The first kappa shape index (κ1) is 32.2. The summed E-state index contributed by atoms with van der Waals surface area (Å²) in [6.07, 6.45) is 21.2. The van der Waals surface area contributed by atoms with E-state index in [0.717, 1.165) is 17.5 Å². The van der Waals surface area contributed by atoms with Crippen molar-refractivity contribution < 1.29 is 26.5 Å². The molecule has 135 valence electrons. The molecule has 0 radical (unpaired) electrons. The van der Waals surface area contributed by atoms with Crippen molar-refractivity contribution in [1.29, 1.82) is 0 Å². The summed E-state index contributed by atoms with van der Waals surface area (Å²) in [6.45, 7) is 4.63. The van der Waals surface area contributed by atoms with E-state index in [4.69, 9.17) is 0 Å². The van der Waals surface area contributed by atoms with Crippen molar-refractivity contribution in [3.05, 3.63) is 0 Å². The van der Waals surface area contributed by atoms with Crippen LogP contribution < -0.4 is 0 Å². The van der Waals surface area contributed by atoms with Gasteiger partial charge in [-0.1, -0.05) is 66.2 Å². The van der Waals surface area contributed by atoms with Gasteiger partial charge in [0.1, 0.15) is 0 Å². The molecule has 0 aromatic carbocycles. The maximum atomic E-state index is 4.00. The summed E-state index contributed by atoms with van der Waals surface area (Å²) in [5.41, 5.74) is 0.949. The van der Waals surface area contributed by atoms with Gasteiger partial charge < -0.3 is 0 Å². The summed E-state index contributed by atoms with van der Waals surface area (Å²) in [6, 6.07) is 0. The summed E-state index contributed by atoms with van der Waals surface area (Å²) in [5, 5.41) is 0. The van der Waals surface area contributed by atoms with Gasteiger partial charge in [-0.25, -0.2) is 0 Å². The Morgan fingerprint density at radius 2 is 1.50 bits per heavy atom. The number of hydrogen-bond acceptors (Lipinski definition) is 0. The molecule has 22 heavy (non-hydrogen) atoms. The molecule has 0 spiro atoms. The molecule has 0 heterocycles. The monoisotopic (exact) mass is 631 g/mol. The second kappa shape index (κ2) is 25.8. The fourth-order valence-electron chi connectivity index (χ4n) is 2.92. The molecule has 0 N–H and O–H groups in total. The Morgan fingerprint density at radius 1 is 1.05 bits per heavy atom. The van der Waals surface area contributed by atoms with Gasteiger partial charge in [-0.05, 0) is 30.3 Å². The normalized spacial score (nSPS) is 22.1. The zero-order valence-electron chi connectivity index (χ0n) is 13.4. The third-order valence-corrected chi connectivity index (χ3v) is 4.90. The van der Waals surface area contributed by atoms with Crippen molar-refractivity contribution in [2.45, 2.75) is 84.7 Å². The minimum absolute atomic E-state index is 0. The zero-order chi connectivity index (χ0) is 15.8. The Labute approximate surface area is 183 Å². The molecule has 2 aliphatic carbocycles. The molecule has 0 amide bonds. The SMILES string of the molecule is C.C#C.CC1CCCC1.CCCC1CCCC1P.[Fe].[I][V][I]. The van der Waals surface area contributed by atoms with Crippen molar-refractivity contribution in [3.63, 3.8) is 0 Å². The first-order chi connectivity index (χ1) is 9.65. The molecule has 0 aliphatic heterocycles. The third kappa shape index (κ3) is 20.6. The molecular weight excluding hydrogens is 596 g/mol. The van der Waals surface area contributed by atoms with Crippen LogP contribution in [0, 0.1) is 24.7 Å². The van der Waals surface area contributed by atoms with Gasteiger partial charge in [-0.2, -0.15) is 0 Å². The summed E-state index contributed by atoms with van der Waals surface area (Å²) in [4.78, 5) is 0. The predicted molar refractivity (Wildman–Crippen MR) is 118 cm³/mol. The fraction of sp³-hybridized carbons (Fsp3) is 0.882. The molecular formula is C17H35FeI2PV. The maximum absolute atomic E-state index is 4.00. The van der Waals surface area contributed by atoms with Gasteiger partial charge in [0.2, 0.25) is 0 Å². The molecule has 2 rings (SSSR count). The average molecular weight is 631 g/mol. The van der Waals surface area contributed by atoms with E-state index in [2.05, 4.69) is 75.9 Å². The Kier molecular flexibility index (Phi) is 37.8. The summed E-state index contributed by atoms with van der Waals surface area (Å²) >= 11 is 4.74. The van der Waals surface area contributed by atoms with Gasteiger partial charge in [0.05, 0.1) is 0 Å².